The summed E-state index contributed by atoms with van der Waals surface area (Å²) in [6.07, 6.45) is 4.83. The molecule has 0 aliphatic carbocycles. The average Bonchev–Trinajstić information content (AvgIpc) is 2.98. The van der Waals surface area contributed by atoms with Crippen LogP contribution in [-0.2, 0) is 11.3 Å². The van der Waals surface area contributed by atoms with E-state index in [4.69, 9.17) is 0 Å². The zero-order chi connectivity index (χ0) is 17.9. The monoisotopic (exact) mass is 352 g/mol. The summed E-state index contributed by atoms with van der Waals surface area (Å²) >= 11 is 0. The van der Waals surface area contributed by atoms with E-state index < -0.39 is 0 Å². The molecule has 2 aliphatic heterocycles. The molecule has 2 heterocycles. The zero-order valence-corrected chi connectivity index (χ0v) is 15.0. The van der Waals surface area contributed by atoms with Crippen molar-refractivity contribution in [2.45, 2.75) is 50.7 Å². The predicted molar refractivity (Wildman–Crippen MR) is 101 cm³/mol. The Balaban J connectivity index is 1.58. The van der Waals surface area contributed by atoms with Crippen molar-refractivity contribution in [1.29, 1.82) is 0 Å². The molecule has 2 aromatic carbocycles. The number of likely N-dealkylation sites (tertiary alicyclic amines) is 1. The minimum Gasteiger partial charge on any atom is -0.352 e. The number of hydrogen-bond donors (Lipinski definition) is 1. The van der Waals surface area contributed by atoms with Crippen LogP contribution >= 0.6 is 0 Å². The molecule has 136 valence electrons. The lowest BCUT2D eigenvalue weighted by Crippen LogP contribution is -2.45. The third kappa shape index (κ3) is 3.51. The van der Waals surface area contributed by atoms with E-state index in [1.165, 1.54) is 6.07 Å². The van der Waals surface area contributed by atoms with Crippen LogP contribution in [0.3, 0.4) is 0 Å². The van der Waals surface area contributed by atoms with Crippen LogP contribution in [0.1, 0.15) is 37.7 Å². The first kappa shape index (κ1) is 17.2. The number of nitrogens with zero attached hydrogens (tertiary/aromatic N) is 1. The number of amides is 1. The smallest absolute Gasteiger partial charge is 0.220 e. The predicted octanol–water partition coefficient (Wildman–Crippen LogP) is 4.13. The number of hydrogen-bond acceptors (Lipinski definition) is 2. The second kappa shape index (κ2) is 7.58. The summed E-state index contributed by atoms with van der Waals surface area (Å²) in [6, 6.07) is 15.7. The van der Waals surface area contributed by atoms with Gasteiger partial charge in [0, 0.05) is 37.2 Å². The van der Waals surface area contributed by atoms with E-state index in [9.17, 15) is 9.18 Å². The fourth-order valence-electron chi connectivity index (χ4n) is 4.40. The maximum atomic E-state index is 14.3. The minimum absolute atomic E-state index is 0.183. The Hall–Kier alpha value is -2.20. The van der Waals surface area contributed by atoms with Crippen LogP contribution in [0, 0.1) is 5.82 Å². The SMILES string of the molecule is O=C1CCCC[C@@H]2[C@H](CCN2Cc2ccccc2-c2ccccc2F)N1. The molecule has 0 bridgehead atoms. The van der Waals surface area contributed by atoms with Gasteiger partial charge in [0.2, 0.25) is 5.91 Å². The molecule has 0 radical (unpaired) electrons. The van der Waals surface area contributed by atoms with Crippen molar-refractivity contribution in [3.05, 3.63) is 59.9 Å². The van der Waals surface area contributed by atoms with Crippen LogP contribution in [0.4, 0.5) is 4.39 Å². The van der Waals surface area contributed by atoms with E-state index in [1.54, 1.807) is 6.07 Å². The van der Waals surface area contributed by atoms with E-state index in [1.807, 2.05) is 30.3 Å². The number of carbonyl (C=O) groups excluding carboxylic acids is 1. The molecule has 0 saturated carbocycles. The van der Waals surface area contributed by atoms with Gasteiger partial charge in [-0.1, -0.05) is 48.9 Å². The minimum atomic E-state index is -0.183. The van der Waals surface area contributed by atoms with E-state index >= 15 is 0 Å². The van der Waals surface area contributed by atoms with Crippen LogP contribution in [-0.4, -0.2) is 29.4 Å². The van der Waals surface area contributed by atoms with Gasteiger partial charge in [0.1, 0.15) is 5.82 Å². The number of fused-ring (bicyclic) bond motifs is 1. The lowest BCUT2D eigenvalue weighted by molar-refractivity contribution is -0.122. The van der Waals surface area contributed by atoms with Gasteiger partial charge in [-0.25, -0.2) is 4.39 Å². The van der Waals surface area contributed by atoms with Gasteiger partial charge in [-0.3, -0.25) is 9.69 Å². The van der Waals surface area contributed by atoms with E-state index in [0.29, 0.717) is 18.0 Å². The van der Waals surface area contributed by atoms with Crippen molar-refractivity contribution in [2.24, 2.45) is 0 Å². The van der Waals surface area contributed by atoms with Crippen LogP contribution in [0.2, 0.25) is 0 Å². The molecule has 2 saturated heterocycles. The van der Waals surface area contributed by atoms with Gasteiger partial charge in [0.25, 0.3) is 0 Å². The topological polar surface area (TPSA) is 32.3 Å². The van der Waals surface area contributed by atoms with Crippen molar-refractivity contribution < 1.29 is 9.18 Å². The molecule has 2 fully saturated rings. The highest BCUT2D eigenvalue weighted by Crippen LogP contribution is 2.31. The van der Waals surface area contributed by atoms with Gasteiger partial charge in [-0.05, 0) is 36.5 Å². The maximum absolute atomic E-state index is 14.3. The standard InChI is InChI=1S/C22H25FN2O/c23-19-10-4-3-9-18(19)17-8-2-1-7-16(17)15-25-14-13-20-21(25)11-5-6-12-22(26)24-20/h1-4,7-10,20-21H,5-6,11-15H2,(H,24,26)/t20-,21+/m0/s1. The number of rotatable bonds is 3. The summed E-state index contributed by atoms with van der Waals surface area (Å²) in [5.74, 6) is 0.00534. The zero-order valence-electron chi connectivity index (χ0n) is 15.0. The van der Waals surface area contributed by atoms with E-state index in [0.717, 1.165) is 49.9 Å². The highest BCUT2D eigenvalue weighted by molar-refractivity contribution is 5.76. The summed E-state index contributed by atoms with van der Waals surface area (Å²) in [6.45, 7) is 1.77. The Labute approximate surface area is 154 Å². The second-order valence-corrected chi connectivity index (χ2v) is 7.38. The first-order valence-corrected chi connectivity index (χ1v) is 9.58. The number of nitrogens with one attached hydrogen (secondary N) is 1. The molecule has 2 aliphatic rings. The summed E-state index contributed by atoms with van der Waals surface area (Å²) in [5, 5.41) is 3.21. The molecule has 0 unspecified atom stereocenters. The highest BCUT2D eigenvalue weighted by Gasteiger charge is 2.35. The Morgan fingerprint density at radius 3 is 2.62 bits per heavy atom. The molecule has 3 nitrogen and oxygen atoms in total. The highest BCUT2D eigenvalue weighted by atomic mass is 19.1. The fourth-order valence-corrected chi connectivity index (χ4v) is 4.40. The molecule has 1 amide bonds. The Bertz CT molecular complexity index is 791. The normalized spacial score (nSPS) is 23.8. The third-order valence-corrected chi connectivity index (χ3v) is 5.72. The molecular formula is C22H25FN2O. The molecule has 0 aromatic heterocycles. The van der Waals surface area contributed by atoms with Crippen LogP contribution in [0.5, 0.6) is 0 Å². The van der Waals surface area contributed by atoms with Gasteiger partial charge in [-0.15, -0.1) is 0 Å². The Kier molecular flexibility index (Phi) is 5.02. The molecular weight excluding hydrogens is 327 g/mol. The molecule has 2 atom stereocenters. The molecule has 2 aromatic rings. The van der Waals surface area contributed by atoms with Gasteiger partial charge in [0.15, 0.2) is 0 Å². The van der Waals surface area contributed by atoms with Gasteiger partial charge < -0.3 is 5.32 Å². The van der Waals surface area contributed by atoms with Crippen LogP contribution in [0.25, 0.3) is 11.1 Å². The summed E-state index contributed by atoms with van der Waals surface area (Å²) in [4.78, 5) is 14.4. The quantitative estimate of drug-likeness (QED) is 0.901. The van der Waals surface area contributed by atoms with Crippen molar-refractivity contribution in [1.82, 2.24) is 10.2 Å². The van der Waals surface area contributed by atoms with Crippen molar-refractivity contribution >= 4 is 5.91 Å². The van der Waals surface area contributed by atoms with Gasteiger partial charge in [0.05, 0.1) is 0 Å². The third-order valence-electron chi connectivity index (χ3n) is 5.72. The maximum Gasteiger partial charge on any atom is 0.220 e. The lowest BCUT2D eigenvalue weighted by atomic mass is 9.96. The molecule has 1 N–H and O–H groups in total. The fraction of sp³-hybridized carbons (Fsp3) is 0.409. The summed E-state index contributed by atoms with van der Waals surface area (Å²) < 4.78 is 14.3. The van der Waals surface area contributed by atoms with E-state index in [2.05, 4.69) is 16.3 Å². The van der Waals surface area contributed by atoms with Crippen LogP contribution < -0.4 is 5.32 Å². The average molecular weight is 352 g/mol. The van der Waals surface area contributed by atoms with E-state index in [-0.39, 0.29) is 17.8 Å². The molecule has 4 heteroatoms. The number of benzene rings is 2. The van der Waals surface area contributed by atoms with Gasteiger partial charge >= 0.3 is 0 Å². The van der Waals surface area contributed by atoms with Crippen molar-refractivity contribution in [3.63, 3.8) is 0 Å². The number of carbonyl (C=O) groups is 1. The number of halogens is 1. The Morgan fingerprint density at radius 1 is 1.00 bits per heavy atom. The van der Waals surface area contributed by atoms with Gasteiger partial charge in [-0.2, -0.15) is 0 Å². The molecule has 4 rings (SSSR count). The lowest BCUT2D eigenvalue weighted by Gasteiger charge is -2.31. The molecule has 26 heavy (non-hydrogen) atoms. The first-order valence-electron chi connectivity index (χ1n) is 9.58. The largest absolute Gasteiger partial charge is 0.352 e. The Morgan fingerprint density at radius 2 is 1.77 bits per heavy atom. The second-order valence-electron chi connectivity index (χ2n) is 7.38. The van der Waals surface area contributed by atoms with Crippen LogP contribution in [0.15, 0.2) is 48.5 Å². The van der Waals surface area contributed by atoms with Crippen molar-refractivity contribution in [2.75, 3.05) is 6.54 Å². The first-order chi connectivity index (χ1) is 12.7. The van der Waals surface area contributed by atoms with Crippen molar-refractivity contribution in [3.8, 4) is 11.1 Å². The molecule has 0 spiro atoms. The summed E-state index contributed by atoms with van der Waals surface area (Å²) in [5.41, 5.74) is 2.76. The summed E-state index contributed by atoms with van der Waals surface area (Å²) in [7, 11) is 0.